The SMILES string of the molecule is C/C=C\C=C/C1=Cc2ccccc2C12Oc1ccccc1-c1c(C)cccc12.Cc1ccc(-c2ccccc2)cc1.Cc1ccccc1-c1ccccc1. The van der Waals surface area contributed by atoms with E-state index in [1.807, 2.05) is 25.1 Å². The second-order valence-corrected chi connectivity index (χ2v) is 13.8. The fourth-order valence-electron chi connectivity index (χ4n) is 7.41. The first-order chi connectivity index (χ1) is 26.5. The van der Waals surface area contributed by atoms with Gasteiger partial charge in [0.15, 0.2) is 5.60 Å². The maximum Gasteiger partial charge on any atom is 0.185 e. The Bertz CT molecular complexity index is 2430. The van der Waals surface area contributed by atoms with Crippen LogP contribution in [0.5, 0.6) is 5.75 Å². The fourth-order valence-corrected chi connectivity index (χ4v) is 7.41. The molecule has 7 aromatic carbocycles. The molecule has 1 nitrogen and oxygen atoms in total. The molecular weight excluding hydrogens is 653 g/mol. The molecule has 1 aliphatic carbocycles. The Morgan fingerprint density at radius 3 is 1.76 bits per heavy atom. The van der Waals surface area contributed by atoms with Crippen LogP contribution in [0.2, 0.25) is 0 Å². The van der Waals surface area contributed by atoms with E-state index < -0.39 is 5.60 Å². The molecule has 0 radical (unpaired) electrons. The lowest BCUT2D eigenvalue weighted by Crippen LogP contribution is -2.37. The van der Waals surface area contributed by atoms with Crippen LogP contribution in [-0.4, -0.2) is 0 Å². The average molecular weight is 699 g/mol. The molecule has 0 aromatic heterocycles. The van der Waals surface area contributed by atoms with Gasteiger partial charge in [-0.05, 0) is 84.3 Å². The zero-order valence-corrected chi connectivity index (χ0v) is 31.5. The van der Waals surface area contributed by atoms with Gasteiger partial charge in [-0.25, -0.2) is 0 Å². The Morgan fingerprint density at radius 2 is 1.04 bits per heavy atom. The van der Waals surface area contributed by atoms with Gasteiger partial charge in [0.25, 0.3) is 0 Å². The lowest BCUT2D eigenvalue weighted by Gasteiger charge is -2.40. The largest absolute Gasteiger partial charge is 0.472 e. The van der Waals surface area contributed by atoms with Crippen molar-refractivity contribution in [2.24, 2.45) is 0 Å². The Hall–Kier alpha value is -6.44. The molecule has 0 fully saturated rings. The third-order valence-corrected chi connectivity index (χ3v) is 10.1. The van der Waals surface area contributed by atoms with Gasteiger partial charge in [0.05, 0.1) is 0 Å². The van der Waals surface area contributed by atoms with Crippen molar-refractivity contribution < 1.29 is 4.74 Å². The van der Waals surface area contributed by atoms with Gasteiger partial charge in [-0.1, -0.05) is 200 Å². The molecule has 0 saturated heterocycles. The molecule has 0 amide bonds. The van der Waals surface area contributed by atoms with Gasteiger partial charge in [-0.15, -0.1) is 0 Å². The number of benzene rings is 7. The summed E-state index contributed by atoms with van der Waals surface area (Å²) < 4.78 is 6.89. The number of hydrogen-bond donors (Lipinski definition) is 0. The minimum atomic E-state index is -0.621. The fraction of sp³-hybridized carbons (Fsp3) is 0.0943. The highest BCUT2D eigenvalue weighted by Crippen LogP contribution is 2.56. The highest BCUT2D eigenvalue weighted by molar-refractivity contribution is 5.85. The third kappa shape index (κ3) is 7.40. The first-order valence-electron chi connectivity index (χ1n) is 18.7. The summed E-state index contributed by atoms with van der Waals surface area (Å²) in [6.45, 7) is 8.47. The summed E-state index contributed by atoms with van der Waals surface area (Å²) in [5, 5.41) is 0. The molecule has 1 atom stereocenters. The molecule has 0 bridgehead atoms. The lowest BCUT2D eigenvalue weighted by molar-refractivity contribution is 0.155. The highest BCUT2D eigenvalue weighted by atomic mass is 16.5. The van der Waals surface area contributed by atoms with Crippen LogP contribution in [0, 0.1) is 20.8 Å². The van der Waals surface area contributed by atoms with Gasteiger partial charge in [0.1, 0.15) is 5.75 Å². The summed E-state index contributed by atoms with van der Waals surface area (Å²) in [6, 6.07) is 61.4. The van der Waals surface area contributed by atoms with Gasteiger partial charge < -0.3 is 4.74 Å². The van der Waals surface area contributed by atoms with E-state index in [4.69, 9.17) is 4.74 Å². The summed E-state index contributed by atoms with van der Waals surface area (Å²) in [5.41, 5.74) is 15.7. The van der Waals surface area contributed by atoms with Gasteiger partial charge >= 0.3 is 0 Å². The average Bonchev–Trinajstić information content (AvgIpc) is 3.52. The summed E-state index contributed by atoms with van der Waals surface area (Å²) in [5.74, 6) is 0.936. The molecule has 0 N–H and O–H groups in total. The van der Waals surface area contributed by atoms with Crippen LogP contribution in [0.15, 0.2) is 206 Å². The number of ether oxygens (including phenoxy) is 1. The first-order valence-corrected chi connectivity index (χ1v) is 18.7. The van der Waals surface area contributed by atoms with Crippen molar-refractivity contribution in [3.8, 4) is 39.1 Å². The number of hydrogen-bond acceptors (Lipinski definition) is 1. The summed E-state index contributed by atoms with van der Waals surface area (Å²) in [4.78, 5) is 0. The second-order valence-electron chi connectivity index (χ2n) is 13.8. The van der Waals surface area contributed by atoms with E-state index in [0.29, 0.717) is 0 Å². The topological polar surface area (TPSA) is 9.23 Å². The number of para-hydroxylation sites is 1. The first kappa shape index (κ1) is 35.9. The molecule has 9 rings (SSSR count). The minimum absolute atomic E-state index is 0.621. The van der Waals surface area contributed by atoms with Crippen molar-refractivity contribution in [1.29, 1.82) is 0 Å². The van der Waals surface area contributed by atoms with Crippen molar-refractivity contribution in [1.82, 2.24) is 0 Å². The van der Waals surface area contributed by atoms with Crippen molar-refractivity contribution in [2.75, 3.05) is 0 Å². The van der Waals surface area contributed by atoms with Crippen LogP contribution < -0.4 is 4.74 Å². The zero-order chi connectivity index (χ0) is 37.3. The summed E-state index contributed by atoms with van der Waals surface area (Å²) >= 11 is 0. The van der Waals surface area contributed by atoms with Crippen LogP contribution in [-0.2, 0) is 5.60 Å². The standard InChI is InChI=1S/C27H22O.2C13H12/c1-3-4-5-13-21-18-20-12-6-8-15-23(20)27(21)24-16-10-11-19(2)26(24)22-14-7-9-17-25(22)28-27;1-11-7-5-6-10-13(11)12-8-3-2-4-9-12;1-11-7-9-13(10-8-11)12-5-3-2-4-6-12/h3-18H,1-2H3;2*2-10H,1H3/b4-3-,13-5-;;. The maximum atomic E-state index is 6.89. The number of allylic oxidation sites excluding steroid dienone is 3. The van der Waals surface area contributed by atoms with Gasteiger partial charge in [-0.3, -0.25) is 0 Å². The molecule has 1 aliphatic heterocycles. The zero-order valence-electron chi connectivity index (χ0n) is 31.5. The van der Waals surface area contributed by atoms with Crippen LogP contribution in [0.3, 0.4) is 0 Å². The monoisotopic (exact) mass is 698 g/mol. The number of rotatable bonds is 4. The lowest BCUT2D eigenvalue weighted by atomic mass is 9.76. The minimum Gasteiger partial charge on any atom is -0.472 e. The summed E-state index contributed by atoms with van der Waals surface area (Å²) in [6.07, 6.45) is 10.6. The van der Waals surface area contributed by atoms with Crippen LogP contribution in [0.4, 0.5) is 0 Å². The van der Waals surface area contributed by atoms with E-state index in [2.05, 4.69) is 209 Å². The Morgan fingerprint density at radius 1 is 0.463 bits per heavy atom. The van der Waals surface area contributed by atoms with Crippen LogP contribution >= 0.6 is 0 Å². The normalized spacial score (nSPS) is 14.9. The van der Waals surface area contributed by atoms with E-state index >= 15 is 0 Å². The van der Waals surface area contributed by atoms with E-state index in [1.54, 1.807) is 0 Å². The molecule has 1 spiro atoms. The van der Waals surface area contributed by atoms with E-state index in [9.17, 15) is 0 Å². The van der Waals surface area contributed by atoms with E-state index in [-0.39, 0.29) is 0 Å². The van der Waals surface area contributed by atoms with Crippen molar-refractivity contribution in [3.05, 3.63) is 239 Å². The Labute approximate surface area is 321 Å². The maximum absolute atomic E-state index is 6.89. The smallest absolute Gasteiger partial charge is 0.185 e. The van der Waals surface area contributed by atoms with Crippen molar-refractivity contribution >= 4 is 6.08 Å². The molecule has 7 aromatic rings. The van der Waals surface area contributed by atoms with Crippen LogP contribution in [0.25, 0.3) is 39.5 Å². The quantitative estimate of drug-likeness (QED) is 0.166. The van der Waals surface area contributed by atoms with E-state index in [0.717, 1.165) is 11.3 Å². The molecule has 1 unspecified atom stereocenters. The highest BCUT2D eigenvalue weighted by Gasteiger charge is 2.48. The molecule has 54 heavy (non-hydrogen) atoms. The summed E-state index contributed by atoms with van der Waals surface area (Å²) in [7, 11) is 0. The Kier molecular flexibility index (Phi) is 11.0. The molecule has 1 heterocycles. The van der Waals surface area contributed by atoms with E-state index in [1.165, 1.54) is 66.8 Å². The predicted molar refractivity (Wildman–Crippen MR) is 230 cm³/mol. The van der Waals surface area contributed by atoms with Gasteiger partial charge in [-0.2, -0.15) is 0 Å². The third-order valence-electron chi connectivity index (χ3n) is 10.1. The number of aryl methyl sites for hydroxylation is 3. The van der Waals surface area contributed by atoms with Crippen molar-refractivity contribution in [2.45, 2.75) is 33.3 Å². The molecule has 2 aliphatic rings. The van der Waals surface area contributed by atoms with Gasteiger partial charge in [0, 0.05) is 22.3 Å². The Balaban J connectivity index is 0.000000144. The number of fused-ring (bicyclic) bond motifs is 6. The molecule has 1 heteroatoms. The molecule has 0 saturated carbocycles. The molecular formula is C53H46O. The van der Waals surface area contributed by atoms with Gasteiger partial charge in [0.2, 0.25) is 0 Å². The molecule has 264 valence electrons. The second kappa shape index (κ2) is 16.5. The van der Waals surface area contributed by atoms with Crippen LogP contribution in [0.1, 0.15) is 40.3 Å². The predicted octanol–water partition coefficient (Wildman–Crippen LogP) is 14.2. The van der Waals surface area contributed by atoms with Crippen molar-refractivity contribution in [3.63, 3.8) is 0 Å².